The molecule has 33 heavy (non-hydrogen) atoms. The number of anilines is 1. The minimum atomic E-state index is -4.51. The van der Waals surface area contributed by atoms with Crippen LogP contribution < -0.4 is 5.32 Å². The molecule has 0 saturated carbocycles. The molecule has 5 nitrogen and oxygen atoms in total. The number of rotatable bonds is 6. The van der Waals surface area contributed by atoms with Crippen LogP contribution in [0.1, 0.15) is 5.56 Å². The third kappa shape index (κ3) is 5.40. The zero-order valence-corrected chi connectivity index (χ0v) is 17.7. The van der Waals surface area contributed by atoms with Gasteiger partial charge >= 0.3 is 6.18 Å². The van der Waals surface area contributed by atoms with E-state index in [1.807, 2.05) is 30.3 Å². The Morgan fingerprint density at radius 3 is 2.36 bits per heavy atom. The van der Waals surface area contributed by atoms with Crippen LogP contribution in [0.25, 0.3) is 17.1 Å². The zero-order valence-electron chi connectivity index (χ0n) is 16.9. The molecule has 1 heterocycles. The van der Waals surface area contributed by atoms with E-state index < -0.39 is 23.5 Å². The van der Waals surface area contributed by atoms with E-state index in [1.54, 1.807) is 16.7 Å². The van der Waals surface area contributed by atoms with Crippen molar-refractivity contribution >= 4 is 23.4 Å². The summed E-state index contributed by atoms with van der Waals surface area (Å²) in [5.74, 6) is -0.523. The Morgan fingerprint density at radius 1 is 0.939 bits per heavy atom. The highest BCUT2D eigenvalue weighted by Gasteiger charge is 2.30. The van der Waals surface area contributed by atoms with Crippen molar-refractivity contribution in [1.82, 2.24) is 14.8 Å². The number of carbonyl (C=O) groups is 1. The predicted molar refractivity (Wildman–Crippen MR) is 118 cm³/mol. The largest absolute Gasteiger partial charge is 0.416 e. The number of amides is 1. The van der Waals surface area contributed by atoms with Gasteiger partial charge in [0.05, 0.1) is 11.3 Å². The van der Waals surface area contributed by atoms with E-state index >= 15 is 0 Å². The van der Waals surface area contributed by atoms with Crippen molar-refractivity contribution in [3.8, 4) is 17.1 Å². The van der Waals surface area contributed by atoms with Crippen molar-refractivity contribution in [2.75, 3.05) is 11.1 Å². The molecule has 0 atom stereocenters. The summed E-state index contributed by atoms with van der Waals surface area (Å²) in [4.78, 5) is 12.4. The number of hydrogen-bond donors (Lipinski definition) is 1. The van der Waals surface area contributed by atoms with E-state index in [-0.39, 0.29) is 11.4 Å². The number of halogens is 4. The molecule has 1 amide bonds. The molecule has 0 fully saturated rings. The van der Waals surface area contributed by atoms with Gasteiger partial charge in [-0.2, -0.15) is 13.2 Å². The third-order valence-electron chi connectivity index (χ3n) is 4.56. The number of nitrogens with one attached hydrogen (secondary N) is 1. The highest BCUT2D eigenvalue weighted by atomic mass is 32.2. The number of thioether (sulfide) groups is 1. The maximum absolute atomic E-state index is 13.4. The second-order valence-electron chi connectivity index (χ2n) is 6.90. The van der Waals surface area contributed by atoms with Gasteiger partial charge in [-0.05, 0) is 42.5 Å². The maximum Gasteiger partial charge on any atom is 0.416 e. The number of hydrogen-bond acceptors (Lipinski definition) is 4. The predicted octanol–water partition coefficient (Wildman–Crippen LogP) is 5.82. The average Bonchev–Trinajstić information content (AvgIpc) is 3.22. The lowest BCUT2D eigenvalue weighted by molar-refractivity contribution is -0.137. The first-order valence-electron chi connectivity index (χ1n) is 9.68. The van der Waals surface area contributed by atoms with Gasteiger partial charge in [0.2, 0.25) is 5.91 Å². The molecule has 0 unspecified atom stereocenters. The van der Waals surface area contributed by atoms with Crippen molar-refractivity contribution in [1.29, 1.82) is 0 Å². The quantitative estimate of drug-likeness (QED) is 0.284. The molecule has 0 radical (unpaired) electrons. The Bertz CT molecular complexity index is 1260. The monoisotopic (exact) mass is 472 g/mol. The topological polar surface area (TPSA) is 59.8 Å². The number of aromatic nitrogens is 3. The molecule has 168 valence electrons. The van der Waals surface area contributed by atoms with Crippen LogP contribution in [0.2, 0.25) is 0 Å². The maximum atomic E-state index is 13.4. The number of benzene rings is 3. The first kappa shape index (κ1) is 22.5. The number of alkyl halides is 3. The third-order valence-corrected chi connectivity index (χ3v) is 5.49. The molecule has 4 rings (SSSR count). The second kappa shape index (κ2) is 9.45. The van der Waals surface area contributed by atoms with Crippen molar-refractivity contribution in [2.24, 2.45) is 0 Å². The summed E-state index contributed by atoms with van der Waals surface area (Å²) < 4.78 is 53.8. The minimum absolute atomic E-state index is 0.0420. The highest BCUT2D eigenvalue weighted by Crippen LogP contribution is 2.31. The molecule has 0 bridgehead atoms. The number of carbonyl (C=O) groups excluding carboxylic acids is 1. The molecular formula is C23H16F4N4OS. The Hall–Kier alpha value is -3.66. The van der Waals surface area contributed by atoms with Crippen molar-refractivity contribution in [3.05, 3.63) is 90.2 Å². The van der Waals surface area contributed by atoms with Crippen LogP contribution in [0.3, 0.4) is 0 Å². The standard InChI is InChI=1S/C23H16F4N4OS/c24-17-9-11-19(12-10-17)31-21(15-5-2-1-3-6-15)29-30-22(31)33-14-20(32)28-18-8-4-7-16(13-18)23(25,26)27/h1-13H,14H2,(H,28,32). The van der Waals surface area contributed by atoms with E-state index in [1.165, 1.54) is 24.3 Å². The minimum Gasteiger partial charge on any atom is -0.325 e. The average molecular weight is 472 g/mol. The summed E-state index contributed by atoms with van der Waals surface area (Å²) in [5, 5.41) is 11.2. The fourth-order valence-electron chi connectivity index (χ4n) is 3.06. The van der Waals surface area contributed by atoms with Crippen LogP contribution in [0.5, 0.6) is 0 Å². The Balaban J connectivity index is 1.55. The van der Waals surface area contributed by atoms with E-state index in [2.05, 4.69) is 15.5 Å². The molecule has 0 spiro atoms. The van der Waals surface area contributed by atoms with Gasteiger partial charge in [0.1, 0.15) is 5.82 Å². The van der Waals surface area contributed by atoms with Gasteiger partial charge in [-0.3, -0.25) is 9.36 Å². The summed E-state index contributed by atoms with van der Waals surface area (Å²) in [5.41, 5.74) is 0.563. The summed E-state index contributed by atoms with van der Waals surface area (Å²) in [6.45, 7) is 0. The lowest BCUT2D eigenvalue weighted by Crippen LogP contribution is -2.15. The van der Waals surface area contributed by atoms with Crippen LogP contribution in [-0.2, 0) is 11.0 Å². The van der Waals surface area contributed by atoms with Gasteiger partial charge in [0.15, 0.2) is 11.0 Å². The van der Waals surface area contributed by atoms with Crippen molar-refractivity contribution in [3.63, 3.8) is 0 Å². The molecule has 0 aliphatic carbocycles. The van der Waals surface area contributed by atoms with Gasteiger partial charge in [-0.25, -0.2) is 4.39 Å². The zero-order chi connectivity index (χ0) is 23.4. The first-order chi connectivity index (χ1) is 15.8. The van der Waals surface area contributed by atoms with E-state index in [4.69, 9.17) is 0 Å². The molecule has 1 aromatic heterocycles. The lowest BCUT2D eigenvalue weighted by Gasteiger charge is -2.11. The van der Waals surface area contributed by atoms with E-state index in [9.17, 15) is 22.4 Å². The molecule has 1 N–H and O–H groups in total. The van der Waals surface area contributed by atoms with Crippen molar-refractivity contribution < 1.29 is 22.4 Å². The van der Waals surface area contributed by atoms with Gasteiger partial charge in [0, 0.05) is 16.9 Å². The summed E-state index contributed by atoms with van der Waals surface area (Å²) >= 11 is 1.06. The summed E-state index contributed by atoms with van der Waals surface area (Å²) in [6.07, 6.45) is -4.51. The fourth-order valence-corrected chi connectivity index (χ4v) is 3.81. The molecular weight excluding hydrogens is 456 g/mol. The Kier molecular flexibility index (Phi) is 6.45. The normalized spacial score (nSPS) is 11.4. The van der Waals surface area contributed by atoms with Gasteiger partial charge < -0.3 is 5.32 Å². The smallest absolute Gasteiger partial charge is 0.325 e. The van der Waals surface area contributed by atoms with Gasteiger partial charge in [-0.1, -0.05) is 48.2 Å². The second-order valence-corrected chi connectivity index (χ2v) is 7.84. The number of nitrogens with zero attached hydrogens (tertiary/aromatic N) is 3. The molecule has 0 aliphatic heterocycles. The SMILES string of the molecule is O=C(CSc1nnc(-c2ccccc2)n1-c1ccc(F)cc1)Nc1cccc(C(F)(F)F)c1. The molecule has 0 aliphatic rings. The molecule has 3 aromatic carbocycles. The fraction of sp³-hybridized carbons (Fsp3) is 0.0870. The molecule has 4 aromatic rings. The van der Waals surface area contributed by atoms with Crippen LogP contribution >= 0.6 is 11.8 Å². The molecule has 10 heteroatoms. The summed E-state index contributed by atoms with van der Waals surface area (Å²) in [6, 6.07) is 19.4. The molecule has 0 saturated heterocycles. The highest BCUT2D eigenvalue weighted by molar-refractivity contribution is 7.99. The lowest BCUT2D eigenvalue weighted by atomic mass is 10.2. The van der Waals surface area contributed by atoms with Crippen LogP contribution in [0, 0.1) is 5.82 Å². The van der Waals surface area contributed by atoms with Gasteiger partial charge in [0.25, 0.3) is 0 Å². The van der Waals surface area contributed by atoms with Gasteiger partial charge in [-0.15, -0.1) is 10.2 Å². The van der Waals surface area contributed by atoms with Crippen molar-refractivity contribution in [2.45, 2.75) is 11.3 Å². The Labute approximate surface area is 190 Å². The first-order valence-corrected chi connectivity index (χ1v) is 10.7. The van der Waals surface area contributed by atoms with Crippen LogP contribution in [-0.4, -0.2) is 26.4 Å². The summed E-state index contributed by atoms with van der Waals surface area (Å²) in [7, 11) is 0. The van der Waals surface area contributed by atoms with Crippen LogP contribution in [0.15, 0.2) is 84.0 Å². The van der Waals surface area contributed by atoms with Crippen LogP contribution in [0.4, 0.5) is 23.2 Å². The van der Waals surface area contributed by atoms with E-state index in [0.29, 0.717) is 16.7 Å². The Morgan fingerprint density at radius 2 is 1.67 bits per heavy atom. The van der Waals surface area contributed by atoms with E-state index in [0.717, 1.165) is 29.5 Å².